The van der Waals surface area contributed by atoms with Gasteiger partial charge in [0.15, 0.2) is 11.5 Å². The standard InChI is InChI=1S/C21H20O6/c1-15(22)26-19-10-8-18(14-20(19)27-16(2)23)9-11-21(24)25-13-12-17-6-4-3-5-7-17/h3-11,14H,12-13H2,1-2H3. The molecule has 6 heteroatoms. The smallest absolute Gasteiger partial charge is 0.330 e. The number of carbonyl (C=O) groups is 3. The lowest BCUT2D eigenvalue weighted by atomic mass is 10.2. The van der Waals surface area contributed by atoms with Crippen LogP contribution in [0.15, 0.2) is 54.6 Å². The molecule has 0 fully saturated rings. The van der Waals surface area contributed by atoms with E-state index < -0.39 is 17.9 Å². The zero-order valence-corrected chi connectivity index (χ0v) is 15.1. The molecular formula is C21H20O6. The van der Waals surface area contributed by atoms with Crippen molar-refractivity contribution in [1.29, 1.82) is 0 Å². The highest BCUT2D eigenvalue weighted by Crippen LogP contribution is 2.29. The summed E-state index contributed by atoms with van der Waals surface area (Å²) < 4.78 is 15.2. The quantitative estimate of drug-likeness (QED) is 0.424. The molecular weight excluding hydrogens is 348 g/mol. The van der Waals surface area contributed by atoms with Gasteiger partial charge in [-0.05, 0) is 29.3 Å². The Morgan fingerprint density at radius 2 is 1.56 bits per heavy atom. The van der Waals surface area contributed by atoms with Crippen molar-refractivity contribution >= 4 is 24.0 Å². The maximum absolute atomic E-state index is 11.8. The van der Waals surface area contributed by atoms with E-state index >= 15 is 0 Å². The molecule has 0 unspecified atom stereocenters. The minimum atomic E-state index is -0.551. The largest absolute Gasteiger partial charge is 0.462 e. The van der Waals surface area contributed by atoms with Gasteiger partial charge in [0.25, 0.3) is 0 Å². The Labute approximate surface area is 157 Å². The molecule has 0 aliphatic heterocycles. The van der Waals surface area contributed by atoms with Gasteiger partial charge in [-0.3, -0.25) is 9.59 Å². The first-order valence-electron chi connectivity index (χ1n) is 8.33. The molecule has 2 rings (SSSR count). The first-order valence-corrected chi connectivity index (χ1v) is 8.33. The summed E-state index contributed by atoms with van der Waals surface area (Å²) in [6.07, 6.45) is 3.44. The lowest BCUT2D eigenvalue weighted by Crippen LogP contribution is -2.07. The molecule has 2 aromatic carbocycles. The Morgan fingerprint density at radius 1 is 0.889 bits per heavy atom. The van der Waals surface area contributed by atoms with Crippen molar-refractivity contribution in [3.05, 3.63) is 65.7 Å². The number of esters is 3. The van der Waals surface area contributed by atoms with Gasteiger partial charge in [0, 0.05) is 26.3 Å². The third-order valence-electron chi connectivity index (χ3n) is 3.36. The van der Waals surface area contributed by atoms with Crippen molar-refractivity contribution in [1.82, 2.24) is 0 Å². The highest BCUT2D eigenvalue weighted by atomic mass is 16.6. The Kier molecular flexibility index (Phi) is 7.31. The Bertz CT molecular complexity index is 839. The van der Waals surface area contributed by atoms with Crippen LogP contribution in [0, 0.1) is 0 Å². The molecule has 0 saturated heterocycles. The summed E-state index contributed by atoms with van der Waals surface area (Å²) in [5.74, 6) is -1.35. The number of benzene rings is 2. The first-order chi connectivity index (χ1) is 12.9. The average molecular weight is 368 g/mol. The van der Waals surface area contributed by atoms with E-state index in [-0.39, 0.29) is 18.1 Å². The van der Waals surface area contributed by atoms with Crippen LogP contribution in [0.3, 0.4) is 0 Å². The van der Waals surface area contributed by atoms with Gasteiger partial charge in [0.2, 0.25) is 0 Å². The first kappa shape index (κ1) is 19.9. The van der Waals surface area contributed by atoms with Crippen LogP contribution in [0.1, 0.15) is 25.0 Å². The number of rotatable bonds is 7. The summed E-state index contributed by atoms with van der Waals surface area (Å²) in [6.45, 7) is 2.76. The summed E-state index contributed by atoms with van der Waals surface area (Å²) >= 11 is 0. The van der Waals surface area contributed by atoms with Gasteiger partial charge in [-0.25, -0.2) is 4.79 Å². The molecule has 0 saturated carbocycles. The van der Waals surface area contributed by atoms with Gasteiger partial charge in [0.1, 0.15) is 0 Å². The molecule has 27 heavy (non-hydrogen) atoms. The predicted octanol–water partition coefficient (Wildman–Crippen LogP) is 3.34. The Hall–Kier alpha value is -3.41. The van der Waals surface area contributed by atoms with E-state index in [0.717, 1.165) is 5.56 Å². The van der Waals surface area contributed by atoms with Crippen molar-refractivity contribution in [2.75, 3.05) is 6.61 Å². The number of carbonyl (C=O) groups excluding carboxylic acids is 3. The van der Waals surface area contributed by atoms with Crippen molar-refractivity contribution in [2.45, 2.75) is 20.3 Å². The summed E-state index contributed by atoms with van der Waals surface area (Å²) in [7, 11) is 0. The van der Waals surface area contributed by atoms with E-state index in [4.69, 9.17) is 14.2 Å². The van der Waals surface area contributed by atoms with Gasteiger partial charge < -0.3 is 14.2 Å². The fraction of sp³-hybridized carbons (Fsp3) is 0.190. The molecule has 2 aromatic rings. The summed E-state index contributed by atoms with van der Waals surface area (Å²) in [4.78, 5) is 34.1. The van der Waals surface area contributed by atoms with Crippen molar-refractivity contribution in [3.63, 3.8) is 0 Å². The van der Waals surface area contributed by atoms with Gasteiger partial charge in [0.05, 0.1) is 6.61 Å². The maximum atomic E-state index is 11.8. The maximum Gasteiger partial charge on any atom is 0.330 e. The molecule has 0 aliphatic carbocycles. The predicted molar refractivity (Wildman–Crippen MR) is 99.2 cm³/mol. The molecule has 0 bridgehead atoms. The topological polar surface area (TPSA) is 78.9 Å². The SMILES string of the molecule is CC(=O)Oc1ccc(C=CC(=O)OCCc2ccccc2)cc1OC(C)=O. The third kappa shape index (κ3) is 7.15. The molecule has 0 N–H and O–H groups in total. The van der Waals surface area contributed by atoms with Crippen LogP contribution in [0.4, 0.5) is 0 Å². The number of hydrogen-bond acceptors (Lipinski definition) is 6. The van der Waals surface area contributed by atoms with E-state index in [0.29, 0.717) is 12.0 Å². The monoisotopic (exact) mass is 368 g/mol. The normalized spacial score (nSPS) is 10.4. The second-order valence-corrected chi connectivity index (χ2v) is 5.63. The molecule has 0 heterocycles. The van der Waals surface area contributed by atoms with Gasteiger partial charge in [-0.15, -0.1) is 0 Å². The average Bonchev–Trinajstić information content (AvgIpc) is 2.62. The van der Waals surface area contributed by atoms with E-state index in [9.17, 15) is 14.4 Å². The van der Waals surface area contributed by atoms with Crippen LogP contribution in [0.25, 0.3) is 6.08 Å². The third-order valence-corrected chi connectivity index (χ3v) is 3.36. The minimum absolute atomic E-state index is 0.0947. The molecule has 0 amide bonds. The summed E-state index contributed by atoms with van der Waals surface area (Å²) in [5, 5.41) is 0. The fourth-order valence-corrected chi connectivity index (χ4v) is 2.23. The molecule has 6 nitrogen and oxygen atoms in total. The van der Waals surface area contributed by atoms with Crippen LogP contribution in [0.2, 0.25) is 0 Å². The number of ether oxygens (including phenoxy) is 3. The van der Waals surface area contributed by atoms with E-state index in [1.54, 1.807) is 6.07 Å². The van der Waals surface area contributed by atoms with E-state index in [2.05, 4.69) is 0 Å². The molecule has 140 valence electrons. The Balaban J connectivity index is 1.97. The molecule has 0 radical (unpaired) electrons. The number of hydrogen-bond donors (Lipinski definition) is 0. The van der Waals surface area contributed by atoms with Gasteiger partial charge >= 0.3 is 17.9 Å². The highest BCUT2D eigenvalue weighted by Gasteiger charge is 2.10. The highest BCUT2D eigenvalue weighted by molar-refractivity contribution is 5.87. The lowest BCUT2D eigenvalue weighted by molar-refractivity contribution is -0.137. The second-order valence-electron chi connectivity index (χ2n) is 5.63. The van der Waals surface area contributed by atoms with Crippen LogP contribution in [-0.4, -0.2) is 24.5 Å². The second kappa shape index (κ2) is 9.91. The fourth-order valence-electron chi connectivity index (χ4n) is 2.23. The Morgan fingerprint density at radius 3 is 2.22 bits per heavy atom. The lowest BCUT2D eigenvalue weighted by Gasteiger charge is -2.09. The molecule has 0 spiro atoms. The van der Waals surface area contributed by atoms with E-state index in [1.165, 1.54) is 38.1 Å². The van der Waals surface area contributed by atoms with Crippen molar-refractivity contribution in [3.8, 4) is 11.5 Å². The zero-order valence-electron chi connectivity index (χ0n) is 15.1. The van der Waals surface area contributed by atoms with Crippen molar-refractivity contribution < 1.29 is 28.6 Å². The molecule has 0 atom stereocenters. The molecule has 0 aliphatic rings. The van der Waals surface area contributed by atoms with Crippen LogP contribution >= 0.6 is 0 Å². The van der Waals surface area contributed by atoms with E-state index in [1.807, 2.05) is 30.3 Å². The minimum Gasteiger partial charge on any atom is -0.462 e. The van der Waals surface area contributed by atoms with Gasteiger partial charge in [-0.1, -0.05) is 36.4 Å². The van der Waals surface area contributed by atoms with Crippen molar-refractivity contribution in [2.24, 2.45) is 0 Å². The van der Waals surface area contributed by atoms with Gasteiger partial charge in [-0.2, -0.15) is 0 Å². The summed E-state index contributed by atoms with van der Waals surface area (Å²) in [5.41, 5.74) is 1.67. The van der Waals surface area contributed by atoms with Crippen LogP contribution in [0.5, 0.6) is 11.5 Å². The zero-order chi connectivity index (χ0) is 19.6. The van der Waals surface area contributed by atoms with Crippen LogP contribution < -0.4 is 9.47 Å². The molecule has 0 aromatic heterocycles. The summed E-state index contributed by atoms with van der Waals surface area (Å²) in [6, 6.07) is 14.3. The van der Waals surface area contributed by atoms with Crippen LogP contribution in [-0.2, 0) is 25.5 Å².